The van der Waals surface area contributed by atoms with Gasteiger partial charge < -0.3 is 10.0 Å². The normalized spacial score (nSPS) is 14.9. The lowest BCUT2D eigenvalue weighted by Gasteiger charge is -2.38. The van der Waals surface area contributed by atoms with Gasteiger partial charge in [0.05, 0.1) is 6.61 Å². The van der Waals surface area contributed by atoms with Gasteiger partial charge in [0.15, 0.2) is 0 Å². The van der Waals surface area contributed by atoms with E-state index in [0.717, 1.165) is 31.7 Å². The number of anilines is 1. The number of piperazine rings is 1. The fourth-order valence-corrected chi connectivity index (χ4v) is 2.63. The lowest BCUT2D eigenvalue weighted by Crippen LogP contribution is -2.49. The SMILES string of the molecule is CC.CC.Cc1ccc(N2CCN(C(C)C)CC2)c(CO)c1. The van der Waals surface area contributed by atoms with Crippen molar-refractivity contribution in [3.8, 4) is 0 Å². The molecule has 128 valence electrons. The first-order chi connectivity index (χ1) is 10.6. The van der Waals surface area contributed by atoms with E-state index in [1.807, 2.05) is 27.7 Å². The van der Waals surface area contributed by atoms with Crippen molar-refractivity contribution in [2.45, 2.75) is 61.1 Å². The summed E-state index contributed by atoms with van der Waals surface area (Å²) in [6.07, 6.45) is 0. The first-order valence-electron chi connectivity index (χ1n) is 8.81. The maximum atomic E-state index is 9.48. The molecule has 0 radical (unpaired) electrons. The van der Waals surface area contributed by atoms with Gasteiger partial charge in [-0.1, -0.05) is 45.4 Å². The van der Waals surface area contributed by atoms with Crippen molar-refractivity contribution >= 4 is 5.69 Å². The van der Waals surface area contributed by atoms with E-state index in [2.05, 4.69) is 48.8 Å². The molecule has 22 heavy (non-hydrogen) atoms. The number of hydrogen-bond donors (Lipinski definition) is 1. The molecule has 3 heteroatoms. The Balaban J connectivity index is 0.00000102. The van der Waals surface area contributed by atoms with E-state index in [1.165, 1.54) is 11.3 Å². The van der Waals surface area contributed by atoms with Crippen LogP contribution < -0.4 is 4.90 Å². The van der Waals surface area contributed by atoms with Crippen LogP contribution in [-0.2, 0) is 6.61 Å². The van der Waals surface area contributed by atoms with Gasteiger partial charge in [-0.25, -0.2) is 0 Å². The Morgan fingerprint density at radius 1 is 1.00 bits per heavy atom. The molecule has 1 aromatic rings. The van der Waals surface area contributed by atoms with Crippen LogP contribution in [0.2, 0.25) is 0 Å². The third-order valence-electron chi connectivity index (χ3n) is 3.79. The molecule has 0 aromatic heterocycles. The summed E-state index contributed by atoms with van der Waals surface area (Å²) < 4.78 is 0. The topological polar surface area (TPSA) is 26.7 Å². The molecule has 1 heterocycles. The van der Waals surface area contributed by atoms with Crippen LogP contribution >= 0.6 is 0 Å². The fraction of sp³-hybridized carbons (Fsp3) is 0.684. The van der Waals surface area contributed by atoms with E-state index in [9.17, 15) is 5.11 Å². The average Bonchev–Trinajstić information content (AvgIpc) is 2.58. The Labute approximate surface area is 137 Å². The molecule has 0 unspecified atom stereocenters. The van der Waals surface area contributed by atoms with Crippen molar-refractivity contribution < 1.29 is 5.11 Å². The number of nitrogens with zero attached hydrogens (tertiary/aromatic N) is 2. The Morgan fingerprint density at radius 2 is 1.55 bits per heavy atom. The van der Waals surface area contributed by atoms with Gasteiger partial charge >= 0.3 is 0 Å². The van der Waals surface area contributed by atoms with E-state index in [1.54, 1.807) is 0 Å². The van der Waals surface area contributed by atoms with Gasteiger partial charge in [0, 0.05) is 43.5 Å². The maximum Gasteiger partial charge on any atom is 0.0702 e. The minimum Gasteiger partial charge on any atom is -0.392 e. The lowest BCUT2D eigenvalue weighted by molar-refractivity contribution is 0.209. The summed E-state index contributed by atoms with van der Waals surface area (Å²) in [5.74, 6) is 0. The predicted octanol–water partition coefficient (Wildman–Crippen LogP) is 4.07. The smallest absolute Gasteiger partial charge is 0.0702 e. The Morgan fingerprint density at radius 3 is 2.00 bits per heavy atom. The molecule has 1 fully saturated rings. The van der Waals surface area contributed by atoms with Crippen molar-refractivity contribution in [3.05, 3.63) is 29.3 Å². The van der Waals surface area contributed by atoms with E-state index in [4.69, 9.17) is 0 Å². The zero-order chi connectivity index (χ0) is 17.1. The highest BCUT2D eigenvalue weighted by molar-refractivity contribution is 5.55. The predicted molar refractivity (Wildman–Crippen MR) is 98.7 cm³/mol. The summed E-state index contributed by atoms with van der Waals surface area (Å²) in [4.78, 5) is 4.90. The van der Waals surface area contributed by atoms with Crippen LogP contribution in [-0.4, -0.2) is 42.2 Å². The van der Waals surface area contributed by atoms with Crippen molar-refractivity contribution in [2.75, 3.05) is 31.1 Å². The molecule has 0 spiro atoms. The average molecular weight is 309 g/mol. The Bertz CT molecular complexity index is 396. The number of benzene rings is 1. The van der Waals surface area contributed by atoms with E-state index < -0.39 is 0 Å². The van der Waals surface area contributed by atoms with Crippen molar-refractivity contribution in [3.63, 3.8) is 0 Å². The summed E-state index contributed by atoms with van der Waals surface area (Å²) in [6.45, 7) is 19.0. The Hall–Kier alpha value is -1.06. The van der Waals surface area contributed by atoms with E-state index in [0.29, 0.717) is 6.04 Å². The van der Waals surface area contributed by atoms with Crippen LogP contribution in [0.25, 0.3) is 0 Å². The van der Waals surface area contributed by atoms with E-state index in [-0.39, 0.29) is 6.61 Å². The summed E-state index contributed by atoms with van der Waals surface area (Å²) >= 11 is 0. The van der Waals surface area contributed by atoms with Gasteiger partial charge in [-0.15, -0.1) is 0 Å². The van der Waals surface area contributed by atoms with Gasteiger partial charge in [0.1, 0.15) is 0 Å². The molecule has 2 rings (SSSR count). The molecule has 1 aliphatic heterocycles. The summed E-state index contributed by atoms with van der Waals surface area (Å²) in [6, 6.07) is 6.99. The first kappa shape index (κ1) is 20.9. The van der Waals surface area contributed by atoms with Crippen LogP contribution in [0, 0.1) is 6.92 Å². The van der Waals surface area contributed by atoms with Crippen LogP contribution in [0.4, 0.5) is 5.69 Å². The third-order valence-corrected chi connectivity index (χ3v) is 3.79. The third kappa shape index (κ3) is 5.98. The van der Waals surface area contributed by atoms with Crippen LogP contribution in [0.3, 0.4) is 0 Å². The summed E-state index contributed by atoms with van der Waals surface area (Å²) in [7, 11) is 0. The largest absolute Gasteiger partial charge is 0.392 e. The molecule has 0 amide bonds. The number of aliphatic hydroxyl groups is 1. The molecule has 0 atom stereocenters. The maximum absolute atomic E-state index is 9.48. The van der Waals surface area contributed by atoms with Gasteiger partial charge in [0.25, 0.3) is 0 Å². The molecule has 1 aromatic carbocycles. The number of hydrogen-bond acceptors (Lipinski definition) is 3. The van der Waals surface area contributed by atoms with Crippen LogP contribution in [0.1, 0.15) is 52.7 Å². The van der Waals surface area contributed by atoms with Crippen LogP contribution in [0.15, 0.2) is 18.2 Å². The van der Waals surface area contributed by atoms with E-state index >= 15 is 0 Å². The highest BCUT2D eigenvalue weighted by Gasteiger charge is 2.20. The van der Waals surface area contributed by atoms with Crippen LogP contribution in [0.5, 0.6) is 0 Å². The zero-order valence-corrected chi connectivity index (χ0v) is 15.7. The molecular formula is C19H36N2O. The standard InChI is InChI=1S/C15H24N2O.2C2H6/c1-12(2)16-6-8-17(9-7-16)15-5-4-13(3)10-14(15)11-18;2*1-2/h4-5,10,12,18H,6-9,11H2,1-3H3;2*1-2H3. The Kier molecular flexibility index (Phi) is 10.9. The van der Waals surface area contributed by atoms with Gasteiger partial charge in [0.2, 0.25) is 0 Å². The quantitative estimate of drug-likeness (QED) is 0.912. The van der Waals surface area contributed by atoms with Crippen molar-refractivity contribution in [2.24, 2.45) is 0 Å². The second-order valence-corrected chi connectivity index (χ2v) is 5.41. The molecule has 0 saturated carbocycles. The minimum atomic E-state index is 0.126. The molecule has 1 N–H and O–H groups in total. The number of aliphatic hydroxyl groups excluding tert-OH is 1. The van der Waals surface area contributed by atoms with Crippen molar-refractivity contribution in [1.82, 2.24) is 4.90 Å². The number of rotatable bonds is 3. The highest BCUT2D eigenvalue weighted by atomic mass is 16.3. The molecule has 3 nitrogen and oxygen atoms in total. The second-order valence-electron chi connectivity index (χ2n) is 5.41. The molecule has 1 saturated heterocycles. The molecule has 0 aliphatic carbocycles. The molecule has 0 bridgehead atoms. The summed E-state index contributed by atoms with van der Waals surface area (Å²) in [5.41, 5.74) is 3.46. The summed E-state index contributed by atoms with van der Waals surface area (Å²) in [5, 5.41) is 9.48. The van der Waals surface area contributed by atoms with Crippen molar-refractivity contribution in [1.29, 1.82) is 0 Å². The van der Waals surface area contributed by atoms with Gasteiger partial charge in [-0.2, -0.15) is 0 Å². The van der Waals surface area contributed by atoms with Gasteiger partial charge in [-0.3, -0.25) is 4.90 Å². The second kappa shape index (κ2) is 11.5. The first-order valence-corrected chi connectivity index (χ1v) is 8.81. The highest BCUT2D eigenvalue weighted by Crippen LogP contribution is 2.23. The zero-order valence-electron chi connectivity index (χ0n) is 15.7. The fourth-order valence-electron chi connectivity index (χ4n) is 2.63. The minimum absolute atomic E-state index is 0.126. The van der Waals surface area contributed by atoms with Gasteiger partial charge in [-0.05, 0) is 26.8 Å². The monoisotopic (exact) mass is 308 g/mol. The number of aryl methyl sites for hydroxylation is 1. The molecule has 1 aliphatic rings. The molecular weight excluding hydrogens is 272 g/mol. The lowest BCUT2D eigenvalue weighted by atomic mass is 10.1.